The summed E-state index contributed by atoms with van der Waals surface area (Å²) in [6, 6.07) is 13.5. The second-order valence-corrected chi connectivity index (χ2v) is 10.0. The van der Waals surface area contributed by atoms with E-state index in [0.717, 1.165) is 16.4 Å². The summed E-state index contributed by atoms with van der Waals surface area (Å²) in [5, 5.41) is 3.09. The Bertz CT molecular complexity index is 1500. The fourth-order valence-electron chi connectivity index (χ4n) is 3.89. The number of carbonyl (C=O) groups excluding carboxylic acids is 1. The predicted octanol–water partition coefficient (Wildman–Crippen LogP) is 3.99. The van der Waals surface area contributed by atoms with Crippen LogP contribution in [0.25, 0.3) is 22.2 Å². The molecule has 12 heteroatoms. The third-order valence-corrected chi connectivity index (χ3v) is 7.68. The number of benzene rings is 2. The number of aromatic nitrogens is 2. The highest BCUT2D eigenvalue weighted by molar-refractivity contribution is 7.89. The third-order valence-electron chi connectivity index (χ3n) is 5.91. The van der Waals surface area contributed by atoms with E-state index in [-0.39, 0.29) is 18.2 Å². The molecule has 1 aliphatic rings. The third kappa shape index (κ3) is 4.56. The van der Waals surface area contributed by atoms with E-state index in [2.05, 4.69) is 15.3 Å². The van der Waals surface area contributed by atoms with Crippen molar-refractivity contribution in [3.8, 4) is 11.3 Å². The molecule has 0 spiro atoms. The SMILES string of the molecule is O=C(NCc1cc(-c2ccc(C(F)(F)F)cc2)ncn1)C1CCN1S(=O)(=O)c1cc2ccccc2o1. The number of nitrogens with one attached hydrogen (secondary N) is 1. The fraction of sp³-hybridized carbons (Fsp3) is 0.208. The van der Waals surface area contributed by atoms with Crippen molar-refractivity contribution in [3.05, 3.63) is 78.2 Å². The van der Waals surface area contributed by atoms with Gasteiger partial charge in [0.25, 0.3) is 10.0 Å². The van der Waals surface area contributed by atoms with E-state index in [9.17, 15) is 26.4 Å². The Balaban J connectivity index is 1.25. The van der Waals surface area contributed by atoms with Crippen molar-refractivity contribution >= 4 is 26.9 Å². The Morgan fingerprint density at radius 1 is 1.08 bits per heavy atom. The van der Waals surface area contributed by atoms with Gasteiger partial charge in [0.05, 0.1) is 23.5 Å². The van der Waals surface area contributed by atoms with Crippen LogP contribution in [0, 0.1) is 0 Å². The quantitative estimate of drug-likeness (QED) is 0.416. The van der Waals surface area contributed by atoms with Crippen LogP contribution in [0.2, 0.25) is 0 Å². The van der Waals surface area contributed by atoms with Gasteiger partial charge in [-0.2, -0.15) is 17.5 Å². The average Bonchev–Trinajstić information content (AvgIpc) is 3.27. The molecule has 1 aliphatic heterocycles. The summed E-state index contributed by atoms with van der Waals surface area (Å²) in [7, 11) is -4.00. The van der Waals surface area contributed by atoms with Crippen LogP contribution >= 0.6 is 0 Å². The lowest BCUT2D eigenvalue weighted by atomic mass is 10.1. The normalized spacial score (nSPS) is 16.6. The number of alkyl halides is 3. The maximum Gasteiger partial charge on any atom is 0.416 e. The van der Waals surface area contributed by atoms with E-state index in [1.165, 1.54) is 24.5 Å². The van der Waals surface area contributed by atoms with E-state index >= 15 is 0 Å². The first-order chi connectivity index (χ1) is 17.1. The highest BCUT2D eigenvalue weighted by Crippen LogP contribution is 2.32. The van der Waals surface area contributed by atoms with Crippen molar-refractivity contribution in [1.29, 1.82) is 0 Å². The van der Waals surface area contributed by atoms with E-state index in [4.69, 9.17) is 4.42 Å². The highest BCUT2D eigenvalue weighted by Gasteiger charge is 2.44. The van der Waals surface area contributed by atoms with Gasteiger partial charge in [-0.05, 0) is 30.7 Å². The molecule has 5 rings (SSSR count). The number of fused-ring (bicyclic) bond motifs is 1. The number of para-hydroxylation sites is 1. The van der Waals surface area contributed by atoms with Crippen LogP contribution in [0.15, 0.2) is 76.5 Å². The summed E-state index contributed by atoms with van der Waals surface area (Å²) in [6.07, 6.45) is -2.84. The number of amides is 1. The maximum absolute atomic E-state index is 13.0. The largest absolute Gasteiger partial charge is 0.443 e. The molecule has 2 aromatic carbocycles. The zero-order chi connectivity index (χ0) is 25.5. The van der Waals surface area contributed by atoms with Gasteiger partial charge in [0.15, 0.2) is 0 Å². The summed E-state index contributed by atoms with van der Waals surface area (Å²) in [4.78, 5) is 20.9. The van der Waals surface area contributed by atoms with Crippen LogP contribution in [0.3, 0.4) is 0 Å². The molecule has 0 radical (unpaired) electrons. The maximum atomic E-state index is 13.0. The van der Waals surface area contributed by atoms with Gasteiger partial charge in [-0.25, -0.2) is 18.4 Å². The Labute approximate surface area is 203 Å². The standard InChI is InChI=1S/C24H19F3N4O4S/c25-24(26,27)17-7-5-15(6-8-17)19-12-18(29-14-30-19)13-28-23(32)20-9-10-31(20)36(33,34)22-11-16-3-1-2-4-21(16)35-22/h1-8,11-12,14,20H,9-10,13H2,(H,28,32). The summed E-state index contributed by atoms with van der Waals surface area (Å²) in [5.41, 5.74) is 0.931. The Kier molecular flexibility index (Phi) is 6.00. The summed E-state index contributed by atoms with van der Waals surface area (Å²) in [6.45, 7) is 0.174. The summed E-state index contributed by atoms with van der Waals surface area (Å²) < 4.78 is 71.0. The fourth-order valence-corrected chi connectivity index (χ4v) is 5.48. The van der Waals surface area contributed by atoms with Crippen LogP contribution in [-0.2, 0) is 27.5 Å². The second kappa shape index (κ2) is 9.03. The van der Waals surface area contributed by atoms with Crippen molar-refractivity contribution in [2.24, 2.45) is 0 Å². The number of sulfonamides is 1. The molecular formula is C24H19F3N4O4S. The first kappa shape index (κ1) is 23.9. The van der Waals surface area contributed by atoms with Gasteiger partial charge >= 0.3 is 6.18 Å². The number of carbonyl (C=O) groups is 1. The smallest absolute Gasteiger partial charge is 0.416 e. The van der Waals surface area contributed by atoms with Crippen molar-refractivity contribution in [3.63, 3.8) is 0 Å². The monoisotopic (exact) mass is 516 g/mol. The Morgan fingerprint density at radius 2 is 1.83 bits per heavy atom. The molecule has 0 aliphatic carbocycles. The van der Waals surface area contributed by atoms with Crippen LogP contribution in [-0.4, -0.2) is 41.2 Å². The van der Waals surface area contributed by atoms with E-state index in [0.29, 0.717) is 34.3 Å². The Morgan fingerprint density at radius 3 is 2.50 bits per heavy atom. The van der Waals surface area contributed by atoms with Crippen molar-refractivity contribution < 1.29 is 30.8 Å². The Hall–Kier alpha value is -3.77. The minimum absolute atomic E-state index is 0.00991. The number of furan rings is 1. The number of rotatable bonds is 6. The zero-order valence-electron chi connectivity index (χ0n) is 18.6. The lowest BCUT2D eigenvalue weighted by Gasteiger charge is -2.37. The molecule has 0 bridgehead atoms. The number of hydrogen-bond donors (Lipinski definition) is 1. The van der Waals surface area contributed by atoms with Crippen molar-refractivity contribution in [2.45, 2.75) is 30.3 Å². The van der Waals surface area contributed by atoms with Gasteiger partial charge in [-0.15, -0.1) is 0 Å². The molecule has 1 atom stereocenters. The molecule has 0 saturated carbocycles. The summed E-state index contributed by atoms with van der Waals surface area (Å²) >= 11 is 0. The van der Waals surface area contributed by atoms with Crippen LogP contribution in [0.1, 0.15) is 17.7 Å². The molecule has 186 valence electrons. The molecule has 1 amide bonds. The highest BCUT2D eigenvalue weighted by atomic mass is 32.2. The van der Waals surface area contributed by atoms with Crippen molar-refractivity contribution in [1.82, 2.24) is 19.6 Å². The predicted molar refractivity (Wildman–Crippen MR) is 123 cm³/mol. The van der Waals surface area contributed by atoms with E-state index in [1.54, 1.807) is 30.3 Å². The zero-order valence-corrected chi connectivity index (χ0v) is 19.4. The van der Waals surface area contributed by atoms with Gasteiger partial charge in [-0.3, -0.25) is 4.79 Å². The molecule has 8 nitrogen and oxygen atoms in total. The molecule has 1 N–H and O–H groups in total. The summed E-state index contributed by atoms with van der Waals surface area (Å²) in [5.74, 6) is -0.490. The van der Waals surface area contributed by atoms with Gasteiger partial charge in [0.2, 0.25) is 11.0 Å². The number of halogens is 3. The minimum Gasteiger partial charge on any atom is -0.443 e. The van der Waals surface area contributed by atoms with Gasteiger partial charge in [-0.1, -0.05) is 30.3 Å². The molecule has 2 aromatic heterocycles. The van der Waals surface area contributed by atoms with Gasteiger partial charge in [0, 0.05) is 23.6 Å². The number of nitrogens with zero attached hydrogens (tertiary/aromatic N) is 3. The first-order valence-corrected chi connectivity index (χ1v) is 12.3. The molecule has 1 unspecified atom stereocenters. The van der Waals surface area contributed by atoms with Gasteiger partial charge < -0.3 is 9.73 Å². The molecule has 36 heavy (non-hydrogen) atoms. The van der Waals surface area contributed by atoms with Crippen LogP contribution in [0.5, 0.6) is 0 Å². The molecular weight excluding hydrogens is 497 g/mol. The molecule has 4 aromatic rings. The molecule has 1 saturated heterocycles. The second-order valence-electron chi connectivity index (χ2n) is 8.21. The molecule has 3 heterocycles. The topological polar surface area (TPSA) is 105 Å². The lowest BCUT2D eigenvalue weighted by molar-refractivity contribution is -0.137. The van der Waals surface area contributed by atoms with Gasteiger partial charge in [0.1, 0.15) is 18.0 Å². The van der Waals surface area contributed by atoms with E-state index in [1.807, 2.05) is 0 Å². The van der Waals surface area contributed by atoms with Crippen LogP contribution < -0.4 is 5.32 Å². The van der Waals surface area contributed by atoms with Crippen molar-refractivity contribution in [2.75, 3.05) is 6.54 Å². The first-order valence-electron chi connectivity index (χ1n) is 10.9. The molecule has 1 fully saturated rings. The number of hydrogen-bond acceptors (Lipinski definition) is 6. The minimum atomic E-state index is -4.44. The lowest BCUT2D eigenvalue weighted by Crippen LogP contribution is -2.57. The van der Waals surface area contributed by atoms with Crippen LogP contribution in [0.4, 0.5) is 13.2 Å². The average molecular weight is 517 g/mol. The van der Waals surface area contributed by atoms with E-state index < -0.39 is 33.7 Å².